The fraction of sp³-hybridized carbons (Fsp3) is 0.611. The molecule has 1 amide bonds. The second kappa shape index (κ2) is 7.77. The number of anilines is 1. The minimum Gasteiger partial charge on any atom is -0.360 e. The Bertz CT molecular complexity index is 506. The minimum absolute atomic E-state index is 0.196. The number of halogens is 1. The molecule has 0 radical (unpaired) electrons. The van der Waals surface area contributed by atoms with E-state index in [1.165, 1.54) is 36.3 Å². The van der Waals surface area contributed by atoms with Crippen molar-refractivity contribution in [2.24, 2.45) is 0 Å². The Hall–Kier alpha value is -1.62. The summed E-state index contributed by atoms with van der Waals surface area (Å²) in [5, 5.41) is 3.20. The van der Waals surface area contributed by atoms with E-state index in [4.69, 9.17) is 0 Å². The number of hydrogen-bond acceptors (Lipinski definition) is 2. The molecule has 2 aliphatic rings. The third-order valence-corrected chi connectivity index (χ3v) is 5.04. The number of carbonyl (C=O) groups excluding carboxylic acids is 1. The number of nitrogens with zero attached hydrogens (tertiary/aromatic N) is 1. The molecule has 3 rings (SSSR count). The van der Waals surface area contributed by atoms with Gasteiger partial charge in [0, 0.05) is 11.7 Å². The number of rotatable bonds is 4. The molecule has 0 spiro atoms. The van der Waals surface area contributed by atoms with Crippen molar-refractivity contribution in [2.45, 2.75) is 38.1 Å². The van der Waals surface area contributed by atoms with Gasteiger partial charge in [0.1, 0.15) is 5.82 Å². The van der Waals surface area contributed by atoms with E-state index in [1.54, 1.807) is 0 Å². The SMILES string of the molecule is O=C(C[NH+]1CCN(c2ccc(F)cc2)CC1)NC1CCCCC1. The summed E-state index contributed by atoms with van der Waals surface area (Å²) in [6, 6.07) is 7.07. The predicted molar refractivity (Wildman–Crippen MR) is 89.2 cm³/mol. The van der Waals surface area contributed by atoms with Crippen LogP contribution < -0.4 is 15.1 Å². The standard InChI is InChI=1S/C18H26FN3O/c19-15-6-8-17(9-7-15)22-12-10-21(11-13-22)14-18(23)20-16-4-2-1-3-5-16/h6-9,16H,1-5,10-14H2,(H,20,23)/p+1. The van der Waals surface area contributed by atoms with Crippen molar-refractivity contribution in [2.75, 3.05) is 37.6 Å². The van der Waals surface area contributed by atoms with Gasteiger partial charge in [0.2, 0.25) is 0 Å². The summed E-state index contributed by atoms with van der Waals surface area (Å²) in [5.74, 6) is -0.000438. The lowest BCUT2D eigenvalue weighted by molar-refractivity contribution is -0.892. The van der Waals surface area contributed by atoms with Gasteiger partial charge in [-0.3, -0.25) is 4.79 Å². The molecular formula is C18H27FN3O+. The smallest absolute Gasteiger partial charge is 0.275 e. The molecular weight excluding hydrogens is 293 g/mol. The van der Waals surface area contributed by atoms with Crippen LogP contribution in [0.25, 0.3) is 0 Å². The molecule has 1 saturated carbocycles. The number of benzene rings is 1. The van der Waals surface area contributed by atoms with Crippen molar-refractivity contribution in [1.82, 2.24) is 5.32 Å². The fourth-order valence-electron chi connectivity index (χ4n) is 3.66. The van der Waals surface area contributed by atoms with Crippen LogP contribution in [0.4, 0.5) is 10.1 Å². The van der Waals surface area contributed by atoms with Crippen LogP contribution in [0.2, 0.25) is 0 Å². The van der Waals surface area contributed by atoms with Gasteiger partial charge >= 0.3 is 0 Å². The average Bonchev–Trinajstić information content (AvgIpc) is 2.57. The summed E-state index contributed by atoms with van der Waals surface area (Å²) in [7, 11) is 0. The highest BCUT2D eigenvalue weighted by molar-refractivity contribution is 5.77. The van der Waals surface area contributed by atoms with Crippen molar-refractivity contribution in [3.05, 3.63) is 30.1 Å². The first-order chi connectivity index (χ1) is 11.2. The van der Waals surface area contributed by atoms with Crippen LogP contribution in [-0.4, -0.2) is 44.7 Å². The molecule has 23 heavy (non-hydrogen) atoms. The second-order valence-electron chi connectivity index (χ2n) is 6.79. The number of amides is 1. The monoisotopic (exact) mass is 320 g/mol. The van der Waals surface area contributed by atoms with E-state index in [0.717, 1.165) is 44.7 Å². The molecule has 1 aromatic rings. The molecule has 0 bridgehead atoms. The van der Waals surface area contributed by atoms with Crippen LogP contribution in [0.1, 0.15) is 32.1 Å². The molecule has 1 aliphatic carbocycles. The zero-order valence-corrected chi connectivity index (χ0v) is 13.7. The lowest BCUT2D eigenvalue weighted by atomic mass is 9.95. The first-order valence-electron chi connectivity index (χ1n) is 8.84. The Morgan fingerprint density at radius 1 is 1.13 bits per heavy atom. The number of piperazine rings is 1. The van der Waals surface area contributed by atoms with Gasteiger partial charge in [-0.25, -0.2) is 4.39 Å². The first kappa shape index (κ1) is 16.2. The molecule has 0 aromatic heterocycles. The van der Waals surface area contributed by atoms with Crippen LogP contribution in [0.5, 0.6) is 0 Å². The second-order valence-corrected chi connectivity index (χ2v) is 6.79. The summed E-state index contributed by atoms with van der Waals surface area (Å²) in [6.45, 7) is 4.31. The van der Waals surface area contributed by atoms with Gasteiger partial charge in [-0.2, -0.15) is 0 Å². The van der Waals surface area contributed by atoms with Crippen molar-refractivity contribution in [3.63, 3.8) is 0 Å². The summed E-state index contributed by atoms with van der Waals surface area (Å²) in [6.07, 6.45) is 6.07. The number of hydrogen-bond donors (Lipinski definition) is 2. The van der Waals surface area contributed by atoms with E-state index >= 15 is 0 Å². The van der Waals surface area contributed by atoms with Crippen molar-refractivity contribution in [1.29, 1.82) is 0 Å². The number of carbonyl (C=O) groups is 1. The third kappa shape index (κ3) is 4.67. The van der Waals surface area contributed by atoms with E-state index in [-0.39, 0.29) is 11.7 Å². The summed E-state index contributed by atoms with van der Waals surface area (Å²) >= 11 is 0. The number of quaternary nitrogens is 1. The summed E-state index contributed by atoms with van der Waals surface area (Å²) in [5.41, 5.74) is 1.07. The zero-order chi connectivity index (χ0) is 16.1. The molecule has 1 aromatic carbocycles. The molecule has 5 heteroatoms. The number of nitrogens with one attached hydrogen (secondary N) is 2. The largest absolute Gasteiger partial charge is 0.360 e. The maximum atomic E-state index is 13.0. The highest BCUT2D eigenvalue weighted by Gasteiger charge is 2.24. The Morgan fingerprint density at radius 2 is 1.78 bits per heavy atom. The molecule has 0 unspecified atom stereocenters. The molecule has 4 nitrogen and oxygen atoms in total. The lowest BCUT2D eigenvalue weighted by Crippen LogP contribution is -3.16. The summed E-state index contributed by atoms with van der Waals surface area (Å²) in [4.78, 5) is 15.8. The topological polar surface area (TPSA) is 36.8 Å². The molecule has 2 N–H and O–H groups in total. The molecule has 1 aliphatic heterocycles. The Labute approximate surface area is 137 Å². The van der Waals surface area contributed by atoms with Gasteiger partial charge < -0.3 is 15.1 Å². The first-order valence-corrected chi connectivity index (χ1v) is 8.84. The Balaban J connectivity index is 1.41. The molecule has 1 saturated heterocycles. The molecule has 2 fully saturated rings. The van der Waals surface area contributed by atoms with E-state index in [2.05, 4.69) is 10.2 Å². The third-order valence-electron chi connectivity index (χ3n) is 5.04. The molecule has 0 atom stereocenters. The van der Waals surface area contributed by atoms with Gasteiger partial charge in [-0.1, -0.05) is 19.3 Å². The minimum atomic E-state index is -0.197. The van der Waals surface area contributed by atoms with Crippen molar-refractivity contribution in [3.8, 4) is 0 Å². The zero-order valence-electron chi connectivity index (χ0n) is 13.7. The van der Waals surface area contributed by atoms with Crippen LogP contribution in [0.3, 0.4) is 0 Å². The van der Waals surface area contributed by atoms with Gasteiger partial charge in [0.25, 0.3) is 5.91 Å². The Morgan fingerprint density at radius 3 is 2.43 bits per heavy atom. The normalized spacial score (nSPS) is 20.5. The fourth-order valence-corrected chi connectivity index (χ4v) is 3.66. The maximum absolute atomic E-state index is 13.0. The van der Waals surface area contributed by atoms with Crippen molar-refractivity contribution >= 4 is 11.6 Å². The Kier molecular flexibility index (Phi) is 5.49. The quantitative estimate of drug-likeness (QED) is 0.868. The van der Waals surface area contributed by atoms with Crippen LogP contribution in [-0.2, 0) is 4.79 Å². The van der Waals surface area contributed by atoms with Gasteiger partial charge in [0.15, 0.2) is 6.54 Å². The van der Waals surface area contributed by atoms with E-state index in [9.17, 15) is 9.18 Å². The molecule has 126 valence electrons. The molecule has 1 heterocycles. The van der Waals surface area contributed by atoms with Gasteiger partial charge in [-0.05, 0) is 37.1 Å². The van der Waals surface area contributed by atoms with Gasteiger partial charge in [0.05, 0.1) is 26.2 Å². The van der Waals surface area contributed by atoms with E-state index < -0.39 is 0 Å². The van der Waals surface area contributed by atoms with E-state index in [1.807, 2.05) is 12.1 Å². The maximum Gasteiger partial charge on any atom is 0.275 e. The highest BCUT2D eigenvalue weighted by atomic mass is 19.1. The lowest BCUT2D eigenvalue weighted by Gasteiger charge is -2.33. The van der Waals surface area contributed by atoms with Crippen LogP contribution in [0.15, 0.2) is 24.3 Å². The predicted octanol–water partition coefficient (Wildman–Crippen LogP) is 0.980. The van der Waals surface area contributed by atoms with E-state index in [0.29, 0.717) is 12.6 Å². The van der Waals surface area contributed by atoms with Crippen molar-refractivity contribution < 1.29 is 14.1 Å². The van der Waals surface area contributed by atoms with Crippen LogP contribution >= 0.6 is 0 Å². The summed E-state index contributed by atoms with van der Waals surface area (Å²) < 4.78 is 13.0. The van der Waals surface area contributed by atoms with Crippen LogP contribution in [0, 0.1) is 5.82 Å². The van der Waals surface area contributed by atoms with Gasteiger partial charge in [-0.15, -0.1) is 0 Å². The average molecular weight is 320 g/mol. The highest BCUT2D eigenvalue weighted by Crippen LogP contribution is 2.17.